The van der Waals surface area contributed by atoms with Crippen LogP contribution in [-0.2, 0) is 34.2 Å². The highest BCUT2D eigenvalue weighted by atomic mass is 32.2. The Morgan fingerprint density at radius 3 is 2.31 bits per heavy atom. The Labute approximate surface area is 203 Å². The zero-order valence-corrected chi connectivity index (χ0v) is 19.8. The quantitative estimate of drug-likeness (QED) is 0.604. The molecule has 2 heterocycles. The molecular formula is C26H24FN3O4S. The van der Waals surface area contributed by atoms with Crippen LogP contribution in [0.5, 0.6) is 0 Å². The molecule has 2 amide bonds. The summed E-state index contributed by atoms with van der Waals surface area (Å²) in [4.78, 5) is 26.7. The molecule has 7 nitrogen and oxygen atoms in total. The Bertz CT molecular complexity index is 1460. The van der Waals surface area contributed by atoms with Gasteiger partial charge in [0.2, 0.25) is 5.91 Å². The second-order valence-electron chi connectivity index (χ2n) is 8.95. The third-order valence-electron chi connectivity index (χ3n) is 6.71. The number of hydrogen-bond donors (Lipinski definition) is 1. The van der Waals surface area contributed by atoms with Crippen molar-refractivity contribution in [3.8, 4) is 0 Å². The Morgan fingerprint density at radius 2 is 1.60 bits per heavy atom. The maximum atomic E-state index is 14.9. The Balaban J connectivity index is 1.53. The third-order valence-corrected chi connectivity index (χ3v) is 8.63. The number of carbonyl (C=O) groups excluding carboxylic acids is 2. The zero-order chi connectivity index (χ0) is 24.9. The fourth-order valence-corrected chi connectivity index (χ4v) is 6.71. The maximum absolute atomic E-state index is 14.9. The molecule has 2 N–H and O–H groups in total. The van der Waals surface area contributed by atoms with Crippen molar-refractivity contribution in [3.63, 3.8) is 0 Å². The molecule has 0 aromatic heterocycles. The highest BCUT2D eigenvalue weighted by Crippen LogP contribution is 2.37. The van der Waals surface area contributed by atoms with Crippen LogP contribution in [0.4, 0.5) is 10.1 Å². The Kier molecular flexibility index (Phi) is 5.59. The molecule has 3 aromatic carbocycles. The number of fused-ring (bicyclic) bond motifs is 2. The van der Waals surface area contributed by atoms with E-state index >= 15 is 0 Å². The van der Waals surface area contributed by atoms with Gasteiger partial charge in [0.1, 0.15) is 11.9 Å². The number of amides is 2. The van der Waals surface area contributed by atoms with E-state index < -0.39 is 39.3 Å². The summed E-state index contributed by atoms with van der Waals surface area (Å²) >= 11 is 0. The van der Waals surface area contributed by atoms with Gasteiger partial charge in [0, 0.05) is 19.0 Å². The summed E-state index contributed by atoms with van der Waals surface area (Å²) in [5, 5.41) is 0. The topological polar surface area (TPSA) is 101 Å². The number of sulfonamides is 1. The number of para-hydroxylation sites is 1. The predicted octanol–water partition coefficient (Wildman–Crippen LogP) is 3.02. The second kappa shape index (κ2) is 8.49. The summed E-state index contributed by atoms with van der Waals surface area (Å²) in [6, 6.07) is 16.4. The minimum Gasteiger partial charge on any atom is -0.368 e. The van der Waals surface area contributed by atoms with Crippen molar-refractivity contribution >= 4 is 27.5 Å². The van der Waals surface area contributed by atoms with Gasteiger partial charge in [-0.05, 0) is 54.3 Å². The van der Waals surface area contributed by atoms with Gasteiger partial charge in [-0.2, -0.15) is 0 Å². The van der Waals surface area contributed by atoms with Crippen LogP contribution in [0.15, 0.2) is 71.6 Å². The molecule has 180 valence electrons. The van der Waals surface area contributed by atoms with Gasteiger partial charge in [-0.3, -0.25) is 13.9 Å². The van der Waals surface area contributed by atoms with Crippen LogP contribution in [0.2, 0.25) is 0 Å². The summed E-state index contributed by atoms with van der Waals surface area (Å²) in [7, 11) is -4.08. The van der Waals surface area contributed by atoms with Crippen molar-refractivity contribution in [2.45, 2.75) is 43.3 Å². The molecule has 0 radical (unpaired) electrons. The van der Waals surface area contributed by atoms with Gasteiger partial charge in [0.25, 0.3) is 15.9 Å². The molecule has 5 rings (SSSR count). The standard InChI is InChI=1S/C26H24FN3O4S/c1-16-12-18-7-4-5-9-23(18)30(16)35(33,34)20-10-11-22(27)21(14-20)26(32)29-15-19-8-3-2-6-17(19)13-24(29)25(28)31/h2-11,14,16,24H,12-13,15H2,1H3,(H2,28,31)/t16?,24-/m0/s1. The van der Waals surface area contributed by atoms with E-state index in [9.17, 15) is 22.4 Å². The minimum atomic E-state index is -4.08. The molecule has 2 aliphatic heterocycles. The number of carbonyl (C=O) groups is 2. The molecule has 2 aliphatic rings. The van der Waals surface area contributed by atoms with E-state index in [-0.39, 0.29) is 23.9 Å². The summed E-state index contributed by atoms with van der Waals surface area (Å²) in [5.74, 6) is -2.36. The second-order valence-corrected chi connectivity index (χ2v) is 10.8. The van der Waals surface area contributed by atoms with Crippen LogP contribution < -0.4 is 10.0 Å². The van der Waals surface area contributed by atoms with E-state index in [0.29, 0.717) is 12.1 Å². The minimum absolute atomic E-state index is 0.0650. The first-order chi connectivity index (χ1) is 16.7. The normalized spacial score (nSPS) is 19.3. The SMILES string of the molecule is CC1Cc2ccccc2N1S(=O)(=O)c1ccc(F)c(C(=O)N2Cc3ccccc3C[C@H]2C(N)=O)c1. The molecule has 0 saturated heterocycles. The lowest BCUT2D eigenvalue weighted by Gasteiger charge is -2.35. The van der Waals surface area contributed by atoms with E-state index in [0.717, 1.165) is 34.9 Å². The van der Waals surface area contributed by atoms with Gasteiger partial charge in [-0.1, -0.05) is 42.5 Å². The number of nitrogens with zero attached hydrogens (tertiary/aromatic N) is 2. The van der Waals surface area contributed by atoms with Crippen molar-refractivity contribution in [1.82, 2.24) is 4.90 Å². The number of nitrogens with two attached hydrogens (primary N) is 1. The van der Waals surface area contributed by atoms with Crippen molar-refractivity contribution in [2.75, 3.05) is 4.31 Å². The van der Waals surface area contributed by atoms with Crippen LogP contribution in [-0.4, -0.2) is 37.2 Å². The van der Waals surface area contributed by atoms with E-state index in [1.807, 2.05) is 36.4 Å². The van der Waals surface area contributed by atoms with Gasteiger partial charge >= 0.3 is 0 Å². The lowest BCUT2D eigenvalue weighted by molar-refractivity contribution is -0.122. The van der Waals surface area contributed by atoms with Gasteiger partial charge < -0.3 is 10.6 Å². The van der Waals surface area contributed by atoms with Gasteiger partial charge in [0.05, 0.1) is 16.1 Å². The number of rotatable bonds is 4. The van der Waals surface area contributed by atoms with Crippen LogP contribution in [0.3, 0.4) is 0 Å². The van der Waals surface area contributed by atoms with Crippen molar-refractivity contribution in [1.29, 1.82) is 0 Å². The fourth-order valence-electron chi connectivity index (χ4n) is 4.99. The molecular weight excluding hydrogens is 469 g/mol. The van der Waals surface area contributed by atoms with Crippen LogP contribution in [0.1, 0.15) is 34.0 Å². The Morgan fingerprint density at radius 1 is 0.943 bits per heavy atom. The predicted molar refractivity (Wildman–Crippen MR) is 129 cm³/mol. The number of halogens is 1. The molecule has 2 atom stereocenters. The van der Waals surface area contributed by atoms with Crippen LogP contribution in [0.25, 0.3) is 0 Å². The van der Waals surface area contributed by atoms with Crippen molar-refractivity contribution in [2.24, 2.45) is 5.73 Å². The average molecular weight is 494 g/mol. The first-order valence-corrected chi connectivity index (χ1v) is 12.7. The van der Waals surface area contributed by atoms with E-state index in [4.69, 9.17) is 5.73 Å². The van der Waals surface area contributed by atoms with Crippen molar-refractivity contribution in [3.05, 3.63) is 94.8 Å². The molecule has 0 spiro atoms. The van der Waals surface area contributed by atoms with E-state index in [1.165, 1.54) is 9.21 Å². The fraction of sp³-hybridized carbons (Fsp3) is 0.231. The number of benzene rings is 3. The van der Waals surface area contributed by atoms with Crippen LogP contribution >= 0.6 is 0 Å². The molecule has 9 heteroatoms. The van der Waals surface area contributed by atoms with Gasteiger partial charge in [-0.15, -0.1) is 0 Å². The van der Waals surface area contributed by atoms with Gasteiger partial charge in [0.15, 0.2) is 0 Å². The van der Waals surface area contributed by atoms with E-state index in [1.54, 1.807) is 19.1 Å². The Hall–Kier alpha value is -3.72. The highest BCUT2D eigenvalue weighted by Gasteiger charge is 2.38. The maximum Gasteiger partial charge on any atom is 0.264 e. The molecule has 0 fully saturated rings. The number of anilines is 1. The van der Waals surface area contributed by atoms with E-state index in [2.05, 4.69) is 0 Å². The highest BCUT2D eigenvalue weighted by molar-refractivity contribution is 7.92. The smallest absolute Gasteiger partial charge is 0.264 e. The molecule has 35 heavy (non-hydrogen) atoms. The molecule has 0 aliphatic carbocycles. The summed E-state index contributed by atoms with van der Waals surface area (Å²) in [6.45, 7) is 1.87. The first kappa shape index (κ1) is 23.0. The van der Waals surface area contributed by atoms with Gasteiger partial charge in [-0.25, -0.2) is 12.8 Å². The molecule has 0 bridgehead atoms. The molecule has 3 aromatic rings. The van der Waals surface area contributed by atoms with Crippen LogP contribution in [0, 0.1) is 5.82 Å². The molecule has 1 unspecified atom stereocenters. The number of hydrogen-bond acceptors (Lipinski definition) is 4. The lowest BCUT2D eigenvalue weighted by Crippen LogP contribution is -2.51. The zero-order valence-electron chi connectivity index (χ0n) is 19.0. The molecule has 0 saturated carbocycles. The van der Waals surface area contributed by atoms with Crippen molar-refractivity contribution < 1.29 is 22.4 Å². The third kappa shape index (κ3) is 3.85. The lowest BCUT2D eigenvalue weighted by atomic mass is 9.93. The number of primary amides is 1. The largest absolute Gasteiger partial charge is 0.368 e. The summed E-state index contributed by atoms with van der Waals surface area (Å²) in [6.07, 6.45) is 0.759. The average Bonchev–Trinajstić information content (AvgIpc) is 3.19. The monoisotopic (exact) mass is 493 g/mol. The first-order valence-electron chi connectivity index (χ1n) is 11.3. The summed E-state index contributed by atoms with van der Waals surface area (Å²) < 4.78 is 43.4. The summed E-state index contributed by atoms with van der Waals surface area (Å²) in [5.41, 5.74) is 8.34.